The predicted octanol–water partition coefficient (Wildman–Crippen LogP) is 4.93. The van der Waals surface area contributed by atoms with Gasteiger partial charge in [0.2, 0.25) is 5.91 Å². The fraction of sp³-hybridized carbons (Fsp3) is 0.333. The fourth-order valence-electron chi connectivity index (χ4n) is 4.85. The van der Waals surface area contributed by atoms with Gasteiger partial charge in [0.05, 0.1) is 22.5 Å². The lowest BCUT2D eigenvalue weighted by atomic mass is 9.95. The van der Waals surface area contributed by atoms with Crippen LogP contribution in [-0.2, 0) is 11.3 Å². The monoisotopic (exact) mass is 488 g/mol. The molecule has 0 atom stereocenters. The summed E-state index contributed by atoms with van der Waals surface area (Å²) in [5, 5.41) is 18.7. The van der Waals surface area contributed by atoms with Crippen LogP contribution in [0.3, 0.4) is 0 Å². The first kappa shape index (κ1) is 23.3. The highest BCUT2D eigenvalue weighted by Crippen LogP contribution is 2.31. The second-order valence-electron chi connectivity index (χ2n) is 9.21. The summed E-state index contributed by atoms with van der Waals surface area (Å²) in [6, 6.07) is 15.8. The Morgan fingerprint density at radius 3 is 2.46 bits per heavy atom. The fourth-order valence-corrected chi connectivity index (χ4v) is 4.97. The van der Waals surface area contributed by atoms with E-state index in [1.54, 1.807) is 0 Å². The lowest BCUT2D eigenvalue weighted by Crippen LogP contribution is -2.41. The van der Waals surface area contributed by atoms with E-state index in [0.717, 1.165) is 65.3 Å². The van der Waals surface area contributed by atoms with Crippen molar-refractivity contribution in [2.24, 2.45) is 5.92 Å². The third-order valence-corrected chi connectivity index (χ3v) is 7.19. The molecule has 0 spiro atoms. The number of halogens is 1. The SMILES string of the molecule is Cc1ccccc1CNC(=O)C1CCN(c2nnc(C)c3c(C)n(-c4ccc(Cl)cc4)nc23)CC1. The number of amides is 1. The van der Waals surface area contributed by atoms with E-state index in [2.05, 4.69) is 39.5 Å². The highest BCUT2D eigenvalue weighted by atomic mass is 35.5. The minimum absolute atomic E-state index is 0.00229. The van der Waals surface area contributed by atoms with Crippen molar-refractivity contribution in [2.45, 2.75) is 40.2 Å². The minimum atomic E-state index is -0.00229. The van der Waals surface area contributed by atoms with Gasteiger partial charge in [0, 0.05) is 30.6 Å². The van der Waals surface area contributed by atoms with Crippen molar-refractivity contribution in [2.75, 3.05) is 18.0 Å². The van der Waals surface area contributed by atoms with Gasteiger partial charge in [-0.1, -0.05) is 35.9 Å². The van der Waals surface area contributed by atoms with Crippen LogP contribution in [0.2, 0.25) is 5.02 Å². The van der Waals surface area contributed by atoms with E-state index in [9.17, 15) is 4.79 Å². The number of anilines is 1. The van der Waals surface area contributed by atoms with Crippen LogP contribution in [0.15, 0.2) is 48.5 Å². The van der Waals surface area contributed by atoms with Crippen molar-refractivity contribution in [3.63, 3.8) is 0 Å². The molecule has 1 aliphatic heterocycles. The zero-order valence-corrected chi connectivity index (χ0v) is 21.0. The molecule has 1 N–H and O–H groups in total. The molecule has 5 rings (SSSR count). The van der Waals surface area contributed by atoms with E-state index >= 15 is 0 Å². The molecular formula is C27H29ClN6O. The van der Waals surface area contributed by atoms with Crippen molar-refractivity contribution >= 4 is 34.2 Å². The molecule has 4 aromatic rings. The van der Waals surface area contributed by atoms with Gasteiger partial charge in [-0.15, -0.1) is 5.10 Å². The standard InChI is InChI=1S/C27H29ClN6O/c1-17-6-4-5-7-21(17)16-29-27(35)20-12-14-33(15-13-20)26-25-24(18(2)30-31-26)19(3)34(32-25)23-10-8-22(28)9-11-23/h4-11,20H,12-16H2,1-3H3,(H,29,35). The number of carbonyl (C=O) groups is 1. The number of nitrogens with zero attached hydrogens (tertiary/aromatic N) is 5. The molecule has 0 radical (unpaired) electrons. The normalized spacial score (nSPS) is 14.5. The molecule has 0 bridgehead atoms. The number of aromatic nitrogens is 4. The average Bonchev–Trinajstić information content (AvgIpc) is 3.22. The van der Waals surface area contributed by atoms with E-state index in [1.165, 1.54) is 5.56 Å². The molecule has 1 amide bonds. The number of fused-ring (bicyclic) bond motifs is 1. The van der Waals surface area contributed by atoms with Crippen molar-refractivity contribution in [1.82, 2.24) is 25.3 Å². The van der Waals surface area contributed by atoms with Gasteiger partial charge in [-0.2, -0.15) is 10.2 Å². The molecule has 8 heteroatoms. The summed E-state index contributed by atoms with van der Waals surface area (Å²) in [4.78, 5) is 15.0. The van der Waals surface area contributed by atoms with Gasteiger partial charge in [-0.3, -0.25) is 4.79 Å². The number of aryl methyl sites for hydroxylation is 3. The van der Waals surface area contributed by atoms with Gasteiger partial charge in [0.15, 0.2) is 5.82 Å². The summed E-state index contributed by atoms with van der Waals surface area (Å²) >= 11 is 6.08. The molecule has 7 nitrogen and oxygen atoms in total. The van der Waals surface area contributed by atoms with Crippen LogP contribution < -0.4 is 10.2 Å². The molecule has 180 valence electrons. The summed E-state index contributed by atoms with van der Waals surface area (Å²) in [6.07, 6.45) is 1.54. The third-order valence-electron chi connectivity index (χ3n) is 6.94. The summed E-state index contributed by atoms with van der Waals surface area (Å²) < 4.78 is 1.92. The highest BCUT2D eigenvalue weighted by Gasteiger charge is 2.28. The maximum atomic E-state index is 12.8. The van der Waals surface area contributed by atoms with Gasteiger partial charge in [-0.05, 0) is 69.0 Å². The summed E-state index contributed by atoms with van der Waals surface area (Å²) in [5.74, 6) is 0.897. The molecular weight excluding hydrogens is 460 g/mol. The maximum Gasteiger partial charge on any atom is 0.223 e. The van der Waals surface area contributed by atoms with E-state index in [1.807, 2.05) is 54.9 Å². The topological polar surface area (TPSA) is 75.9 Å². The van der Waals surface area contributed by atoms with Crippen molar-refractivity contribution < 1.29 is 4.79 Å². The third kappa shape index (κ3) is 4.60. The summed E-state index contributed by atoms with van der Waals surface area (Å²) in [7, 11) is 0. The van der Waals surface area contributed by atoms with Gasteiger partial charge in [0.25, 0.3) is 0 Å². The number of rotatable bonds is 5. The minimum Gasteiger partial charge on any atom is -0.353 e. The van der Waals surface area contributed by atoms with Crippen molar-refractivity contribution in [3.05, 3.63) is 76.1 Å². The van der Waals surface area contributed by atoms with E-state index < -0.39 is 0 Å². The van der Waals surface area contributed by atoms with E-state index in [4.69, 9.17) is 16.7 Å². The second kappa shape index (κ2) is 9.66. The average molecular weight is 489 g/mol. The molecule has 0 aliphatic carbocycles. The number of nitrogens with one attached hydrogen (secondary N) is 1. The van der Waals surface area contributed by atoms with Crippen LogP contribution >= 0.6 is 11.6 Å². The first-order valence-electron chi connectivity index (χ1n) is 12.0. The Balaban J connectivity index is 1.32. The molecule has 3 heterocycles. The van der Waals surface area contributed by atoms with Crippen LogP contribution in [-0.4, -0.2) is 39.0 Å². The molecule has 1 fully saturated rings. The van der Waals surface area contributed by atoms with E-state index in [0.29, 0.717) is 11.6 Å². The Hall–Kier alpha value is -3.45. The molecule has 2 aromatic heterocycles. The molecule has 1 saturated heterocycles. The van der Waals surface area contributed by atoms with Crippen molar-refractivity contribution in [3.8, 4) is 5.69 Å². The number of hydrogen-bond donors (Lipinski definition) is 1. The number of benzene rings is 2. The number of carbonyl (C=O) groups excluding carboxylic acids is 1. The van der Waals surface area contributed by atoms with Gasteiger partial charge in [0.1, 0.15) is 5.52 Å². The molecule has 0 unspecified atom stereocenters. The summed E-state index contributed by atoms with van der Waals surface area (Å²) in [5.41, 5.74) is 6.00. The smallest absolute Gasteiger partial charge is 0.223 e. The van der Waals surface area contributed by atoms with Crippen LogP contribution in [0.1, 0.15) is 35.4 Å². The predicted molar refractivity (Wildman–Crippen MR) is 139 cm³/mol. The quantitative estimate of drug-likeness (QED) is 0.431. The van der Waals surface area contributed by atoms with Crippen molar-refractivity contribution in [1.29, 1.82) is 0 Å². The number of hydrogen-bond acceptors (Lipinski definition) is 5. The first-order chi connectivity index (χ1) is 16.9. The molecule has 1 aliphatic rings. The van der Waals surface area contributed by atoms with Crippen LogP contribution in [0.5, 0.6) is 0 Å². The van der Waals surface area contributed by atoms with Crippen LogP contribution in [0.25, 0.3) is 16.6 Å². The Kier molecular flexibility index (Phi) is 6.43. The second-order valence-corrected chi connectivity index (χ2v) is 9.65. The first-order valence-corrected chi connectivity index (χ1v) is 12.4. The van der Waals surface area contributed by atoms with Gasteiger partial charge in [-0.25, -0.2) is 4.68 Å². The zero-order chi connectivity index (χ0) is 24.5. The Morgan fingerprint density at radius 2 is 1.74 bits per heavy atom. The van der Waals surface area contributed by atoms with Crippen LogP contribution in [0.4, 0.5) is 5.82 Å². The Bertz CT molecular complexity index is 1370. The Morgan fingerprint density at radius 1 is 1.03 bits per heavy atom. The highest BCUT2D eigenvalue weighted by molar-refractivity contribution is 6.30. The molecule has 0 saturated carbocycles. The van der Waals surface area contributed by atoms with Gasteiger partial charge >= 0.3 is 0 Å². The maximum absolute atomic E-state index is 12.8. The number of piperidine rings is 1. The van der Waals surface area contributed by atoms with Gasteiger partial charge < -0.3 is 10.2 Å². The lowest BCUT2D eigenvalue weighted by molar-refractivity contribution is -0.125. The van der Waals surface area contributed by atoms with Crippen LogP contribution in [0, 0.1) is 26.7 Å². The summed E-state index contributed by atoms with van der Waals surface area (Å²) in [6.45, 7) is 8.12. The zero-order valence-electron chi connectivity index (χ0n) is 20.3. The largest absolute Gasteiger partial charge is 0.353 e. The molecule has 2 aromatic carbocycles. The molecule has 35 heavy (non-hydrogen) atoms. The lowest BCUT2D eigenvalue weighted by Gasteiger charge is -2.32. The Labute approximate surface area is 210 Å². The van der Waals surface area contributed by atoms with E-state index in [-0.39, 0.29) is 11.8 Å².